The Kier molecular flexibility index (Phi) is 2.46. The minimum atomic E-state index is 0.327. The second-order valence-electron chi connectivity index (χ2n) is 4.20. The van der Waals surface area contributed by atoms with Crippen LogP contribution in [0.2, 0.25) is 0 Å². The van der Waals surface area contributed by atoms with Gasteiger partial charge in [-0.25, -0.2) is 0 Å². The largest absolute Gasteiger partial charge is 0.381 e. The highest BCUT2D eigenvalue weighted by molar-refractivity contribution is 5.65. The minimum Gasteiger partial charge on any atom is -0.381 e. The summed E-state index contributed by atoms with van der Waals surface area (Å²) in [5.41, 5.74) is 8.54. The van der Waals surface area contributed by atoms with E-state index in [-0.39, 0.29) is 0 Å². The standard InChI is InChI=1S/C11H16N4O/c1-6(2)15-8(4)11(7(3)13-15)9-5-10(12)14-16-9/h5-6H,1-4H3,(H2,12,14). The number of hydrogen-bond donors (Lipinski definition) is 1. The number of rotatable bonds is 2. The molecule has 2 N–H and O–H groups in total. The lowest BCUT2D eigenvalue weighted by atomic mass is 10.1. The van der Waals surface area contributed by atoms with Gasteiger partial charge in [0.15, 0.2) is 11.6 Å². The summed E-state index contributed by atoms with van der Waals surface area (Å²) >= 11 is 0. The summed E-state index contributed by atoms with van der Waals surface area (Å²) in [4.78, 5) is 0. The summed E-state index contributed by atoms with van der Waals surface area (Å²) in [6.07, 6.45) is 0. The second kappa shape index (κ2) is 3.66. The van der Waals surface area contributed by atoms with Gasteiger partial charge in [0.1, 0.15) is 0 Å². The van der Waals surface area contributed by atoms with E-state index in [9.17, 15) is 0 Å². The fourth-order valence-electron chi connectivity index (χ4n) is 1.93. The Balaban J connectivity index is 2.57. The lowest BCUT2D eigenvalue weighted by Crippen LogP contribution is -2.04. The minimum absolute atomic E-state index is 0.327. The van der Waals surface area contributed by atoms with Crippen LogP contribution in [0.1, 0.15) is 31.3 Å². The molecule has 5 nitrogen and oxygen atoms in total. The van der Waals surface area contributed by atoms with E-state index >= 15 is 0 Å². The number of nitrogens with two attached hydrogens (primary N) is 1. The first-order chi connectivity index (χ1) is 7.50. The van der Waals surface area contributed by atoms with Crippen LogP contribution in [0, 0.1) is 13.8 Å². The maximum atomic E-state index is 5.55. The van der Waals surface area contributed by atoms with Crippen LogP contribution in [-0.2, 0) is 0 Å². The zero-order valence-electron chi connectivity index (χ0n) is 9.98. The molecule has 2 aromatic rings. The third-order valence-electron chi connectivity index (χ3n) is 2.59. The first-order valence-electron chi connectivity index (χ1n) is 5.29. The summed E-state index contributed by atoms with van der Waals surface area (Å²) < 4.78 is 7.15. The number of anilines is 1. The van der Waals surface area contributed by atoms with Crippen LogP contribution < -0.4 is 5.73 Å². The van der Waals surface area contributed by atoms with Gasteiger partial charge < -0.3 is 10.3 Å². The number of nitrogen functional groups attached to an aromatic ring is 1. The molecule has 0 aliphatic carbocycles. The van der Waals surface area contributed by atoms with E-state index in [0.29, 0.717) is 17.6 Å². The average molecular weight is 220 g/mol. The molecule has 0 spiro atoms. The van der Waals surface area contributed by atoms with Gasteiger partial charge in [-0.1, -0.05) is 5.16 Å². The van der Waals surface area contributed by atoms with E-state index in [4.69, 9.17) is 10.3 Å². The quantitative estimate of drug-likeness (QED) is 0.843. The zero-order chi connectivity index (χ0) is 11.9. The van der Waals surface area contributed by atoms with E-state index in [1.807, 2.05) is 18.5 Å². The summed E-state index contributed by atoms with van der Waals surface area (Å²) in [5.74, 6) is 1.07. The molecule has 2 aromatic heterocycles. The molecule has 0 atom stereocenters. The Hall–Kier alpha value is -1.78. The molecule has 0 saturated heterocycles. The first kappa shape index (κ1) is 10.7. The molecule has 2 rings (SSSR count). The maximum absolute atomic E-state index is 5.55. The van der Waals surface area contributed by atoms with Crippen molar-refractivity contribution in [3.8, 4) is 11.3 Å². The van der Waals surface area contributed by atoms with Crippen molar-refractivity contribution in [2.45, 2.75) is 33.7 Å². The summed E-state index contributed by atoms with van der Waals surface area (Å²) in [6, 6.07) is 2.05. The summed E-state index contributed by atoms with van der Waals surface area (Å²) in [7, 11) is 0. The molecule has 0 saturated carbocycles. The van der Waals surface area contributed by atoms with Gasteiger partial charge in [-0.3, -0.25) is 4.68 Å². The van der Waals surface area contributed by atoms with Gasteiger partial charge in [0.25, 0.3) is 0 Å². The summed E-state index contributed by atoms with van der Waals surface area (Å²) in [5, 5.41) is 8.18. The number of nitrogens with zero attached hydrogens (tertiary/aromatic N) is 3. The molecule has 86 valence electrons. The molecule has 0 aromatic carbocycles. The lowest BCUT2D eigenvalue weighted by Gasteiger charge is -2.07. The molecule has 0 aliphatic heterocycles. The van der Waals surface area contributed by atoms with Crippen molar-refractivity contribution in [1.82, 2.24) is 14.9 Å². The van der Waals surface area contributed by atoms with Gasteiger partial charge in [0, 0.05) is 17.8 Å². The van der Waals surface area contributed by atoms with Gasteiger partial charge in [-0.05, 0) is 27.7 Å². The molecule has 0 aliphatic rings. The van der Waals surface area contributed by atoms with Crippen LogP contribution in [0.3, 0.4) is 0 Å². The van der Waals surface area contributed by atoms with Crippen LogP contribution in [0.5, 0.6) is 0 Å². The fourth-order valence-corrected chi connectivity index (χ4v) is 1.93. The third-order valence-corrected chi connectivity index (χ3v) is 2.59. The van der Waals surface area contributed by atoms with E-state index in [0.717, 1.165) is 17.0 Å². The molecular formula is C11H16N4O. The van der Waals surface area contributed by atoms with Crippen molar-refractivity contribution in [2.75, 3.05) is 5.73 Å². The molecule has 2 heterocycles. The fraction of sp³-hybridized carbons (Fsp3) is 0.455. The van der Waals surface area contributed by atoms with Crippen molar-refractivity contribution in [2.24, 2.45) is 0 Å². The van der Waals surface area contributed by atoms with Gasteiger partial charge >= 0.3 is 0 Å². The number of hydrogen-bond acceptors (Lipinski definition) is 4. The Morgan fingerprint density at radius 2 is 2.06 bits per heavy atom. The highest BCUT2D eigenvalue weighted by Crippen LogP contribution is 2.29. The monoisotopic (exact) mass is 220 g/mol. The average Bonchev–Trinajstić information content (AvgIpc) is 2.71. The van der Waals surface area contributed by atoms with Gasteiger partial charge in [-0.15, -0.1) is 0 Å². The zero-order valence-corrected chi connectivity index (χ0v) is 9.98. The molecular weight excluding hydrogens is 204 g/mol. The molecule has 0 amide bonds. The summed E-state index contributed by atoms with van der Waals surface area (Å²) in [6.45, 7) is 8.17. The van der Waals surface area contributed by atoms with Gasteiger partial charge in [0.2, 0.25) is 0 Å². The van der Waals surface area contributed by atoms with Crippen LogP contribution in [0.15, 0.2) is 10.6 Å². The first-order valence-corrected chi connectivity index (χ1v) is 5.29. The van der Waals surface area contributed by atoms with Gasteiger partial charge in [0.05, 0.1) is 11.3 Å². The molecule has 0 fully saturated rings. The van der Waals surface area contributed by atoms with Crippen molar-refractivity contribution in [3.63, 3.8) is 0 Å². The molecule has 0 radical (unpaired) electrons. The highest BCUT2D eigenvalue weighted by atomic mass is 16.5. The Bertz CT molecular complexity index is 510. The third kappa shape index (κ3) is 1.58. The van der Waals surface area contributed by atoms with E-state index in [1.165, 1.54) is 0 Å². The maximum Gasteiger partial charge on any atom is 0.172 e. The van der Waals surface area contributed by atoms with Crippen molar-refractivity contribution < 1.29 is 4.52 Å². The lowest BCUT2D eigenvalue weighted by molar-refractivity contribution is 0.435. The van der Waals surface area contributed by atoms with E-state index < -0.39 is 0 Å². The van der Waals surface area contributed by atoms with Crippen LogP contribution in [0.25, 0.3) is 11.3 Å². The van der Waals surface area contributed by atoms with E-state index in [2.05, 4.69) is 24.1 Å². The van der Waals surface area contributed by atoms with Crippen LogP contribution in [0.4, 0.5) is 5.82 Å². The van der Waals surface area contributed by atoms with E-state index in [1.54, 1.807) is 6.07 Å². The van der Waals surface area contributed by atoms with Crippen molar-refractivity contribution in [1.29, 1.82) is 0 Å². The molecule has 0 bridgehead atoms. The van der Waals surface area contributed by atoms with Crippen LogP contribution in [-0.4, -0.2) is 14.9 Å². The molecule has 16 heavy (non-hydrogen) atoms. The molecule has 0 unspecified atom stereocenters. The van der Waals surface area contributed by atoms with Crippen molar-refractivity contribution in [3.05, 3.63) is 17.5 Å². The van der Waals surface area contributed by atoms with Crippen molar-refractivity contribution >= 4 is 5.82 Å². The predicted octanol–water partition coefficient (Wildman–Crippen LogP) is 2.32. The Morgan fingerprint density at radius 1 is 1.38 bits per heavy atom. The smallest absolute Gasteiger partial charge is 0.172 e. The normalized spacial score (nSPS) is 11.3. The van der Waals surface area contributed by atoms with Gasteiger partial charge in [-0.2, -0.15) is 5.10 Å². The molecule has 5 heteroatoms. The Labute approximate surface area is 94.2 Å². The van der Waals surface area contributed by atoms with Crippen LogP contribution >= 0.6 is 0 Å². The number of aryl methyl sites for hydroxylation is 1. The second-order valence-corrected chi connectivity index (χ2v) is 4.20. The Morgan fingerprint density at radius 3 is 2.50 bits per heavy atom. The SMILES string of the molecule is Cc1nn(C(C)C)c(C)c1-c1cc(N)no1. The number of aromatic nitrogens is 3. The predicted molar refractivity (Wildman–Crippen MR) is 62.0 cm³/mol. The highest BCUT2D eigenvalue weighted by Gasteiger charge is 2.18. The topological polar surface area (TPSA) is 69.9 Å².